The third kappa shape index (κ3) is 2.89. The van der Waals surface area contributed by atoms with Crippen LogP contribution in [0.2, 0.25) is 0 Å². The smallest absolute Gasteiger partial charge is 0.0463 e. The number of nitrogens with one attached hydrogen (secondary N) is 1. The molecule has 1 aliphatic carbocycles. The van der Waals surface area contributed by atoms with Crippen LogP contribution in [0.3, 0.4) is 0 Å². The molecule has 0 bridgehead atoms. The molecule has 1 nitrogen and oxygen atoms in total. The van der Waals surface area contributed by atoms with E-state index >= 15 is 0 Å². The minimum atomic E-state index is 0.975. The highest BCUT2D eigenvalue weighted by molar-refractivity contribution is 5.57. The molecule has 0 fully saturated rings. The van der Waals surface area contributed by atoms with Gasteiger partial charge in [0.15, 0.2) is 0 Å². The Morgan fingerprint density at radius 1 is 1.22 bits per heavy atom. The lowest BCUT2D eigenvalue weighted by Gasteiger charge is -2.08. The van der Waals surface area contributed by atoms with Crippen molar-refractivity contribution < 1.29 is 0 Å². The van der Waals surface area contributed by atoms with Crippen molar-refractivity contribution in [1.82, 2.24) is 0 Å². The Morgan fingerprint density at radius 2 is 2.11 bits per heavy atom. The van der Waals surface area contributed by atoms with E-state index in [1.165, 1.54) is 0 Å². The first-order chi connectivity index (χ1) is 8.81. The molecule has 0 heterocycles. The summed E-state index contributed by atoms with van der Waals surface area (Å²) in [6.07, 6.45) is 15.2. The van der Waals surface area contributed by atoms with Gasteiger partial charge in [-0.1, -0.05) is 55.7 Å². The largest absolute Gasteiger partial charge is 0.355 e. The summed E-state index contributed by atoms with van der Waals surface area (Å²) in [6.45, 7) is 7.79. The number of allylic oxidation sites excluding steroid dienone is 6. The van der Waals surface area contributed by atoms with Gasteiger partial charge in [-0.15, -0.1) is 0 Å². The highest BCUT2D eigenvalue weighted by atomic mass is 14.9. The van der Waals surface area contributed by atoms with E-state index in [4.69, 9.17) is 0 Å². The molecule has 1 aromatic rings. The summed E-state index contributed by atoms with van der Waals surface area (Å²) in [6, 6.07) is 6.05. The average Bonchev–Trinajstić information content (AvgIpc) is 2.62. The molecule has 1 heteroatoms. The normalized spacial score (nSPS) is 15.1. The van der Waals surface area contributed by atoms with Crippen LogP contribution in [0.1, 0.15) is 6.42 Å². The van der Waals surface area contributed by atoms with Crippen molar-refractivity contribution in [1.29, 1.82) is 0 Å². The van der Waals surface area contributed by atoms with Gasteiger partial charge in [-0.05, 0) is 29.9 Å². The summed E-state index contributed by atoms with van der Waals surface area (Å²) < 4.78 is 0. The van der Waals surface area contributed by atoms with Crippen LogP contribution in [0.5, 0.6) is 0 Å². The van der Waals surface area contributed by atoms with E-state index in [9.17, 15) is 0 Å². The predicted molar refractivity (Wildman–Crippen MR) is 80.5 cm³/mol. The fourth-order valence-electron chi connectivity index (χ4n) is 1.85. The highest BCUT2D eigenvalue weighted by Crippen LogP contribution is 2.08. The second kappa shape index (κ2) is 5.87. The summed E-state index contributed by atoms with van der Waals surface area (Å²) in [4.78, 5) is 0. The van der Waals surface area contributed by atoms with E-state index in [1.54, 1.807) is 6.08 Å². The quantitative estimate of drug-likeness (QED) is 0.849. The number of hydrogen-bond donors (Lipinski definition) is 1. The molecule has 0 amide bonds. The summed E-state index contributed by atoms with van der Waals surface area (Å²) in [5, 5.41) is 5.49. The monoisotopic (exact) mass is 235 g/mol. The van der Waals surface area contributed by atoms with E-state index in [2.05, 4.69) is 48.9 Å². The number of hydrogen-bond acceptors (Lipinski definition) is 1. The molecular formula is C17H17N. The summed E-state index contributed by atoms with van der Waals surface area (Å²) >= 11 is 0. The Balaban J connectivity index is 2.41. The minimum Gasteiger partial charge on any atom is -0.355 e. The number of rotatable bonds is 3. The van der Waals surface area contributed by atoms with Crippen LogP contribution in [-0.2, 0) is 0 Å². The van der Waals surface area contributed by atoms with E-state index < -0.39 is 0 Å². The first-order valence-electron chi connectivity index (χ1n) is 6.02. The molecule has 0 atom stereocenters. The fourth-order valence-corrected chi connectivity index (χ4v) is 1.85. The molecule has 1 aromatic carbocycles. The lowest BCUT2D eigenvalue weighted by atomic mass is 10.2. The van der Waals surface area contributed by atoms with Crippen molar-refractivity contribution in [2.45, 2.75) is 6.42 Å². The van der Waals surface area contributed by atoms with Crippen molar-refractivity contribution in [2.24, 2.45) is 0 Å². The van der Waals surface area contributed by atoms with Crippen LogP contribution in [0.25, 0.3) is 12.7 Å². The van der Waals surface area contributed by atoms with E-state index in [1.807, 2.05) is 24.3 Å². The topological polar surface area (TPSA) is 12.0 Å². The lowest BCUT2D eigenvalue weighted by molar-refractivity contribution is 1.38. The molecule has 0 unspecified atom stereocenters. The van der Waals surface area contributed by atoms with Crippen molar-refractivity contribution in [3.63, 3.8) is 0 Å². The van der Waals surface area contributed by atoms with Crippen molar-refractivity contribution in [2.75, 3.05) is 5.32 Å². The Kier molecular flexibility index (Phi) is 3.98. The van der Waals surface area contributed by atoms with E-state index in [0.717, 1.165) is 28.2 Å². The van der Waals surface area contributed by atoms with Crippen molar-refractivity contribution in [3.8, 4) is 0 Å². The molecule has 0 radical (unpaired) electrons. The Morgan fingerprint density at radius 3 is 2.94 bits per heavy atom. The third-order valence-electron chi connectivity index (χ3n) is 2.74. The van der Waals surface area contributed by atoms with E-state index in [-0.39, 0.29) is 0 Å². The second-order valence-corrected chi connectivity index (χ2v) is 4.09. The molecule has 0 spiro atoms. The molecule has 0 saturated carbocycles. The number of anilines is 1. The summed E-state index contributed by atoms with van der Waals surface area (Å²) in [5.41, 5.74) is 2.13. The molecule has 0 aliphatic heterocycles. The molecular weight excluding hydrogens is 218 g/mol. The van der Waals surface area contributed by atoms with Gasteiger partial charge in [-0.2, -0.15) is 0 Å². The molecule has 0 aromatic heterocycles. The van der Waals surface area contributed by atoms with Gasteiger partial charge in [0, 0.05) is 16.6 Å². The Hall–Kier alpha value is -2.28. The predicted octanol–water partition coefficient (Wildman–Crippen LogP) is 2.88. The second-order valence-electron chi connectivity index (χ2n) is 4.09. The Labute approximate surface area is 108 Å². The van der Waals surface area contributed by atoms with Gasteiger partial charge < -0.3 is 5.32 Å². The molecule has 2 rings (SSSR count). The SMILES string of the molecule is C=C/C=c1/c(NC2=CC=CCC=C2)cccc1=C. The van der Waals surface area contributed by atoms with Gasteiger partial charge in [-0.3, -0.25) is 0 Å². The first-order valence-corrected chi connectivity index (χ1v) is 6.02. The van der Waals surface area contributed by atoms with Gasteiger partial charge in [0.05, 0.1) is 0 Å². The number of benzene rings is 1. The van der Waals surface area contributed by atoms with Crippen LogP contribution in [0.4, 0.5) is 5.69 Å². The first kappa shape index (κ1) is 12.2. The van der Waals surface area contributed by atoms with Gasteiger partial charge in [0.1, 0.15) is 0 Å². The molecule has 90 valence electrons. The zero-order chi connectivity index (χ0) is 12.8. The van der Waals surface area contributed by atoms with Crippen molar-refractivity contribution in [3.05, 3.63) is 77.4 Å². The summed E-state index contributed by atoms with van der Waals surface area (Å²) in [5.74, 6) is 0. The van der Waals surface area contributed by atoms with Gasteiger partial charge in [-0.25, -0.2) is 0 Å². The minimum absolute atomic E-state index is 0.975. The zero-order valence-electron chi connectivity index (χ0n) is 10.4. The molecule has 0 saturated heterocycles. The molecule has 1 aliphatic rings. The maximum atomic E-state index is 4.04. The maximum absolute atomic E-state index is 4.04. The maximum Gasteiger partial charge on any atom is 0.0463 e. The standard InChI is InChI=1S/C17H17N/c1-3-9-16-14(2)10-8-13-17(16)18-15-11-6-4-5-7-12-15/h3-4,6-13,18H,1-2,5H2/b16-9+. The zero-order valence-corrected chi connectivity index (χ0v) is 10.4. The van der Waals surface area contributed by atoms with Crippen LogP contribution in [0, 0.1) is 0 Å². The Bertz CT molecular complexity index is 630. The molecule has 1 N–H and O–H groups in total. The third-order valence-corrected chi connectivity index (χ3v) is 2.74. The van der Waals surface area contributed by atoms with Crippen LogP contribution in [0.15, 0.2) is 66.9 Å². The summed E-state index contributed by atoms with van der Waals surface area (Å²) in [7, 11) is 0. The molecule has 18 heavy (non-hydrogen) atoms. The van der Waals surface area contributed by atoms with Gasteiger partial charge in [0.2, 0.25) is 0 Å². The fraction of sp³-hybridized carbons (Fsp3) is 0.0588. The van der Waals surface area contributed by atoms with Gasteiger partial charge >= 0.3 is 0 Å². The van der Waals surface area contributed by atoms with Crippen LogP contribution < -0.4 is 15.8 Å². The lowest BCUT2D eigenvalue weighted by Crippen LogP contribution is -2.26. The van der Waals surface area contributed by atoms with E-state index in [0.29, 0.717) is 0 Å². The van der Waals surface area contributed by atoms with Crippen molar-refractivity contribution >= 4 is 18.3 Å². The average molecular weight is 235 g/mol. The highest BCUT2D eigenvalue weighted by Gasteiger charge is 1.97. The van der Waals surface area contributed by atoms with Crippen LogP contribution in [-0.4, -0.2) is 0 Å². The van der Waals surface area contributed by atoms with Crippen LogP contribution >= 0.6 is 0 Å². The van der Waals surface area contributed by atoms with Gasteiger partial charge in [0.25, 0.3) is 0 Å².